The van der Waals surface area contributed by atoms with E-state index in [1.807, 2.05) is 6.92 Å². The monoisotopic (exact) mass is 227 g/mol. The van der Waals surface area contributed by atoms with Gasteiger partial charge in [0.1, 0.15) is 5.84 Å². The first-order valence-electron chi connectivity index (χ1n) is 5.07. The molecule has 0 unspecified atom stereocenters. The third kappa shape index (κ3) is 3.81. The van der Waals surface area contributed by atoms with Crippen molar-refractivity contribution in [1.82, 2.24) is 25.1 Å². The molecule has 1 aromatic rings. The Morgan fingerprint density at radius 1 is 1.62 bits per heavy atom. The molecule has 90 valence electrons. The molecule has 0 spiro atoms. The summed E-state index contributed by atoms with van der Waals surface area (Å²) in [5, 5.41) is 23.1. The zero-order chi connectivity index (χ0) is 12.0. The van der Waals surface area contributed by atoms with Crippen LogP contribution < -0.4 is 5.73 Å². The van der Waals surface area contributed by atoms with Gasteiger partial charge in [0.05, 0.1) is 13.6 Å². The van der Waals surface area contributed by atoms with E-state index in [1.165, 1.54) is 4.80 Å². The van der Waals surface area contributed by atoms with Crippen LogP contribution in [0.4, 0.5) is 0 Å². The Labute approximate surface area is 93.7 Å². The molecule has 0 aromatic carbocycles. The first kappa shape index (κ1) is 12.4. The van der Waals surface area contributed by atoms with E-state index < -0.39 is 0 Å². The van der Waals surface area contributed by atoms with Gasteiger partial charge in [0.25, 0.3) is 0 Å². The van der Waals surface area contributed by atoms with Crippen LogP contribution in [0.2, 0.25) is 0 Å². The lowest BCUT2D eigenvalue weighted by Crippen LogP contribution is -2.28. The van der Waals surface area contributed by atoms with E-state index in [4.69, 9.17) is 10.9 Å². The van der Waals surface area contributed by atoms with Crippen LogP contribution in [-0.2, 0) is 13.6 Å². The highest BCUT2D eigenvalue weighted by Crippen LogP contribution is 1.98. The standard InChI is InChI=1S/C8H17N7O/c1-3-15(5-4-7(9)12-16)6-8-10-13-14(2)11-8/h16H,3-6H2,1-2H3,(H2,9,12). The molecule has 0 saturated carbocycles. The summed E-state index contributed by atoms with van der Waals surface area (Å²) in [4.78, 5) is 3.52. The van der Waals surface area contributed by atoms with Gasteiger partial charge < -0.3 is 10.9 Å². The molecule has 8 nitrogen and oxygen atoms in total. The van der Waals surface area contributed by atoms with Crippen molar-refractivity contribution in [3.05, 3.63) is 5.82 Å². The molecule has 0 saturated heterocycles. The van der Waals surface area contributed by atoms with Crippen LogP contribution in [-0.4, -0.2) is 49.2 Å². The number of tetrazole rings is 1. The molecule has 0 atom stereocenters. The molecule has 3 N–H and O–H groups in total. The van der Waals surface area contributed by atoms with Crippen LogP contribution in [0.25, 0.3) is 0 Å². The van der Waals surface area contributed by atoms with Crippen molar-refractivity contribution in [2.75, 3.05) is 13.1 Å². The lowest BCUT2D eigenvalue weighted by molar-refractivity contribution is 0.276. The Morgan fingerprint density at radius 2 is 2.38 bits per heavy atom. The van der Waals surface area contributed by atoms with Gasteiger partial charge in [0.15, 0.2) is 5.82 Å². The molecule has 0 amide bonds. The molecule has 0 bridgehead atoms. The molecule has 0 radical (unpaired) electrons. The van der Waals surface area contributed by atoms with Crippen molar-refractivity contribution >= 4 is 5.84 Å². The van der Waals surface area contributed by atoms with E-state index in [0.717, 1.165) is 6.54 Å². The third-order valence-corrected chi connectivity index (χ3v) is 2.17. The Kier molecular flexibility index (Phi) is 4.65. The number of rotatable bonds is 6. The smallest absolute Gasteiger partial charge is 0.188 e. The predicted octanol–water partition coefficient (Wildman–Crippen LogP) is -0.831. The summed E-state index contributed by atoms with van der Waals surface area (Å²) >= 11 is 0. The van der Waals surface area contributed by atoms with Crippen molar-refractivity contribution in [2.24, 2.45) is 17.9 Å². The second-order valence-electron chi connectivity index (χ2n) is 3.41. The molecule has 0 aliphatic heterocycles. The van der Waals surface area contributed by atoms with E-state index in [1.54, 1.807) is 7.05 Å². The second kappa shape index (κ2) is 6.01. The van der Waals surface area contributed by atoms with E-state index >= 15 is 0 Å². The van der Waals surface area contributed by atoms with Crippen LogP contribution in [0.15, 0.2) is 5.16 Å². The van der Waals surface area contributed by atoms with Gasteiger partial charge in [-0.3, -0.25) is 4.90 Å². The van der Waals surface area contributed by atoms with Gasteiger partial charge in [-0.15, -0.1) is 10.2 Å². The fourth-order valence-electron chi connectivity index (χ4n) is 1.26. The predicted molar refractivity (Wildman–Crippen MR) is 57.8 cm³/mol. The minimum Gasteiger partial charge on any atom is -0.409 e. The average Bonchev–Trinajstić information content (AvgIpc) is 2.69. The maximum absolute atomic E-state index is 8.42. The number of aromatic nitrogens is 4. The highest BCUT2D eigenvalue weighted by atomic mass is 16.4. The molecular weight excluding hydrogens is 210 g/mol. The number of nitrogens with zero attached hydrogens (tertiary/aromatic N) is 6. The van der Waals surface area contributed by atoms with E-state index in [-0.39, 0.29) is 5.84 Å². The number of amidine groups is 1. The Bertz CT molecular complexity index is 348. The Balaban J connectivity index is 2.43. The number of aryl methyl sites for hydroxylation is 1. The van der Waals surface area contributed by atoms with E-state index in [0.29, 0.717) is 25.3 Å². The number of hydrogen-bond acceptors (Lipinski definition) is 6. The lowest BCUT2D eigenvalue weighted by Gasteiger charge is -2.17. The number of hydrogen-bond donors (Lipinski definition) is 2. The molecule has 16 heavy (non-hydrogen) atoms. The van der Waals surface area contributed by atoms with Crippen LogP contribution in [0, 0.1) is 0 Å². The van der Waals surface area contributed by atoms with Crippen LogP contribution in [0.3, 0.4) is 0 Å². The minimum absolute atomic E-state index is 0.227. The summed E-state index contributed by atoms with van der Waals surface area (Å²) in [7, 11) is 1.73. The zero-order valence-electron chi connectivity index (χ0n) is 9.54. The molecule has 1 heterocycles. The van der Waals surface area contributed by atoms with Gasteiger partial charge in [-0.25, -0.2) is 0 Å². The summed E-state index contributed by atoms with van der Waals surface area (Å²) in [6.45, 7) is 4.19. The first-order chi connectivity index (χ1) is 7.65. The molecule has 0 aliphatic carbocycles. The second-order valence-corrected chi connectivity index (χ2v) is 3.41. The highest BCUT2D eigenvalue weighted by molar-refractivity contribution is 5.79. The van der Waals surface area contributed by atoms with Crippen LogP contribution in [0.1, 0.15) is 19.2 Å². The SMILES string of the molecule is CCN(CCC(N)=NO)Cc1nnn(C)n1. The van der Waals surface area contributed by atoms with Crippen molar-refractivity contribution in [3.63, 3.8) is 0 Å². The number of oxime groups is 1. The van der Waals surface area contributed by atoms with Crippen molar-refractivity contribution in [1.29, 1.82) is 0 Å². The summed E-state index contributed by atoms with van der Waals surface area (Å²) in [5.41, 5.74) is 5.40. The van der Waals surface area contributed by atoms with Crippen LogP contribution >= 0.6 is 0 Å². The van der Waals surface area contributed by atoms with E-state index in [9.17, 15) is 0 Å². The van der Waals surface area contributed by atoms with Gasteiger partial charge in [-0.2, -0.15) is 4.80 Å². The topological polar surface area (TPSA) is 105 Å². The van der Waals surface area contributed by atoms with Gasteiger partial charge in [0, 0.05) is 13.0 Å². The van der Waals surface area contributed by atoms with Crippen molar-refractivity contribution in [3.8, 4) is 0 Å². The molecular formula is C8H17N7O. The highest BCUT2D eigenvalue weighted by Gasteiger charge is 2.08. The quantitative estimate of drug-likeness (QED) is 0.284. The van der Waals surface area contributed by atoms with Crippen molar-refractivity contribution in [2.45, 2.75) is 19.9 Å². The minimum atomic E-state index is 0.227. The maximum Gasteiger partial charge on any atom is 0.188 e. The summed E-state index contributed by atoms with van der Waals surface area (Å²) in [6, 6.07) is 0. The summed E-state index contributed by atoms with van der Waals surface area (Å²) in [5.74, 6) is 0.898. The van der Waals surface area contributed by atoms with Gasteiger partial charge >= 0.3 is 0 Å². The first-order valence-corrected chi connectivity index (χ1v) is 5.07. The summed E-state index contributed by atoms with van der Waals surface area (Å²) in [6.07, 6.45) is 0.518. The van der Waals surface area contributed by atoms with Gasteiger partial charge in [-0.05, 0) is 11.8 Å². The lowest BCUT2D eigenvalue weighted by atomic mass is 10.3. The molecule has 0 aliphatic rings. The van der Waals surface area contributed by atoms with Gasteiger partial charge in [-0.1, -0.05) is 12.1 Å². The molecule has 8 heteroatoms. The number of nitrogens with two attached hydrogens (primary N) is 1. The molecule has 0 fully saturated rings. The fraction of sp³-hybridized carbons (Fsp3) is 0.750. The zero-order valence-corrected chi connectivity index (χ0v) is 9.54. The third-order valence-electron chi connectivity index (χ3n) is 2.17. The summed E-state index contributed by atoms with van der Waals surface area (Å²) < 4.78 is 0. The largest absolute Gasteiger partial charge is 0.409 e. The normalized spacial score (nSPS) is 12.3. The van der Waals surface area contributed by atoms with Crippen molar-refractivity contribution < 1.29 is 5.21 Å². The molecule has 1 rings (SSSR count). The fourth-order valence-corrected chi connectivity index (χ4v) is 1.26. The van der Waals surface area contributed by atoms with E-state index in [2.05, 4.69) is 25.5 Å². The van der Waals surface area contributed by atoms with Crippen LogP contribution in [0.5, 0.6) is 0 Å². The maximum atomic E-state index is 8.42. The van der Waals surface area contributed by atoms with Gasteiger partial charge in [0.2, 0.25) is 0 Å². The average molecular weight is 227 g/mol. The Hall–Kier alpha value is -1.70. The molecule has 1 aromatic heterocycles. The Morgan fingerprint density at radius 3 is 2.88 bits per heavy atom.